The number of nitriles is 1. The maximum atomic E-state index is 12.0. The van der Waals surface area contributed by atoms with Gasteiger partial charge in [-0.3, -0.25) is 9.69 Å². The first-order chi connectivity index (χ1) is 9.58. The lowest BCUT2D eigenvalue weighted by Crippen LogP contribution is -2.43. The summed E-state index contributed by atoms with van der Waals surface area (Å²) in [7, 11) is 0. The molecule has 2 rings (SSSR count). The highest BCUT2D eigenvalue weighted by atomic mass is 79.9. The molecule has 0 bridgehead atoms. The molecule has 0 saturated carbocycles. The molecule has 1 heterocycles. The van der Waals surface area contributed by atoms with Gasteiger partial charge in [-0.25, -0.2) is 0 Å². The SMILES string of the molecule is N#Cc1ccc(NC(=O)CN2CCC(N)CC2)c(Br)c1. The molecule has 0 atom stereocenters. The number of nitrogens with one attached hydrogen (secondary N) is 1. The normalized spacial score (nSPS) is 16.6. The van der Waals surface area contributed by atoms with Gasteiger partial charge >= 0.3 is 0 Å². The van der Waals surface area contributed by atoms with Gasteiger partial charge in [0.15, 0.2) is 0 Å². The van der Waals surface area contributed by atoms with Gasteiger partial charge in [0.25, 0.3) is 0 Å². The molecule has 1 aromatic carbocycles. The largest absolute Gasteiger partial charge is 0.328 e. The van der Waals surface area contributed by atoms with Crippen LogP contribution in [0.4, 0.5) is 5.69 Å². The number of benzene rings is 1. The number of hydrogen-bond acceptors (Lipinski definition) is 4. The van der Waals surface area contributed by atoms with Crippen LogP contribution in [-0.2, 0) is 4.79 Å². The molecule has 0 spiro atoms. The standard InChI is InChI=1S/C14H17BrN4O/c15-12-7-10(8-16)1-2-13(12)18-14(20)9-19-5-3-11(17)4-6-19/h1-2,7,11H,3-6,9,17H2,(H,18,20). The Kier molecular flexibility index (Phi) is 5.12. The zero-order chi connectivity index (χ0) is 14.5. The average Bonchev–Trinajstić information content (AvgIpc) is 2.43. The Labute approximate surface area is 126 Å². The minimum Gasteiger partial charge on any atom is -0.328 e. The van der Waals surface area contributed by atoms with Gasteiger partial charge in [0.2, 0.25) is 5.91 Å². The number of likely N-dealkylation sites (tertiary alicyclic amines) is 1. The summed E-state index contributed by atoms with van der Waals surface area (Å²) in [6.07, 6.45) is 1.88. The third kappa shape index (κ3) is 4.04. The fraction of sp³-hybridized carbons (Fsp3) is 0.429. The van der Waals surface area contributed by atoms with Crippen LogP contribution >= 0.6 is 15.9 Å². The highest BCUT2D eigenvalue weighted by Crippen LogP contribution is 2.23. The summed E-state index contributed by atoms with van der Waals surface area (Å²) in [5.74, 6) is -0.0501. The van der Waals surface area contributed by atoms with E-state index in [-0.39, 0.29) is 11.9 Å². The lowest BCUT2D eigenvalue weighted by molar-refractivity contribution is -0.117. The first-order valence-electron chi connectivity index (χ1n) is 6.56. The van der Waals surface area contributed by atoms with Gasteiger partial charge < -0.3 is 11.1 Å². The Morgan fingerprint density at radius 2 is 2.20 bits per heavy atom. The van der Waals surface area contributed by atoms with Crippen molar-refractivity contribution in [2.75, 3.05) is 25.0 Å². The molecule has 5 nitrogen and oxygen atoms in total. The Balaban J connectivity index is 1.90. The second kappa shape index (κ2) is 6.84. The molecule has 0 aromatic heterocycles. The fourth-order valence-electron chi connectivity index (χ4n) is 2.19. The van der Waals surface area contributed by atoms with Crippen molar-refractivity contribution < 1.29 is 4.79 Å². The molecule has 0 aliphatic carbocycles. The third-order valence-electron chi connectivity index (χ3n) is 3.37. The number of anilines is 1. The Morgan fingerprint density at radius 1 is 1.50 bits per heavy atom. The maximum Gasteiger partial charge on any atom is 0.238 e. The molecule has 0 radical (unpaired) electrons. The van der Waals surface area contributed by atoms with E-state index in [0.717, 1.165) is 25.9 Å². The van der Waals surface area contributed by atoms with Crippen LogP contribution in [0.5, 0.6) is 0 Å². The minimum atomic E-state index is -0.0501. The van der Waals surface area contributed by atoms with E-state index < -0.39 is 0 Å². The molecule has 1 aliphatic rings. The molecule has 1 aromatic rings. The minimum absolute atomic E-state index is 0.0501. The van der Waals surface area contributed by atoms with Gasteiger partial charge in [-0.05, 0) is 47.0 Å². The average molecular weight is 337 g/mol. The summed E-state index contributed by atoms with van der Waals surface area (Å²) < 4.78 is 0.713. The van der Waals surface area contributed by atoms with Crippen LogP contribution in [0, 0.1) is 11.3 Å². The van der Waals surface area contributed by atoms with Crippen LogP contribution in [0.1, 0.15) is 18.4 Å². The number of carbonyl (C=O) groups is 1. The number of rotatable bonds is 3. The number of halogens is 1. The van der Waals surface area contributed by atoms with Crippen LogP contribution in [0.25, 0.3) is 0 Å². The van der Waals surface area contributed by atoms with Crippen molar-refractivity contribution in [1.29, 1.82) is 5.26 Å². The summed E-state index contributed by atoms with van der Waals surface area (Å²) in [5.41, 5.74) is 7.08. The first kappa shape index (κ1) is 15.0. The predicted molar refractivity (Wildman–Crippen MR) is 81.1 cm³/mol. The van der Waals surface area contributed by atoms with E-state index in [1.54, 1.807) is 18.2 Å². The molecular formula is C14H17BrN4O. The molecule has 1 fully saturated rings. The summed E-state index contributed by atoms with van der Waals surface area (Å²) in [4.78, 5) is 14.1. The molecule has 20 heavy (non-hydrogen) atoms. The smallest absolute Gasteiger partial charge is 0.238 e. The number of nitrogens with two attached hydrogens (primary N) is 1. The molecule has 3 N–H and O–H groups in total. The second-order valence-electron chi connectivity index (χ2n) is 4.97. The maximum absolute atomic E-state index is 12.0. The summed E-state index contributed by atoms with van der Waals surface area (Å²) in [6.45, 7) is 2.10. The van der Waals surface area contributed by atoms with E-state index >= 15 is 0 Å². The molecule has 6 heteroatoms. The molecule has 1 amide bonds. The van der Waals surface area contributed by atoms with Gasteiger partial charge in [0.1, 0.15) is 0 Å². The van der Waals surface area contributed by atoms with Crippen molar-refractivity contribution in [3.63, 3.8) is 0 Å². The van der Waals surface area contributed by atoms with Crippen LogP contribution < -0.4 is 11.1 Å². The number of amides is 1. The number of nitrogens with zero attached hydrogens (tertiary/aromatic N) is 2. The van der Waals surface area contributed by atoms with E-state index in [0.29, 0.717) is 22.3 Å². The Morgan fingerprint density at radius 3 is 2.80 bits per heavy atom. The first-order valence-corrected chi connectivity index (χ1v) is 7.35. The van der Waals surface area contributed by atoms with Gasteiger partial charge in [-0.15, -0.1) is 0 Å². The van der Waals surface area contributed by atoms with Crippen LogP contribution in [-0.4, -0.2) is 36.5 Å². The van der Waals surface area contributed by atoms with Crippen molar-refractivity contribution in [1.82, 2.24) is 4.90 Å². The van der Waals surface area contributed by atoms with Gasteiger partial charge in [-0.1, -0.05) is 0 Å². The third-order valence-corrected chi connectivity index (χ3v) is 4.03. The predicted octanol–water partition coefficient (Wildman–Crippen LogP) is 1.68. The van der Waals surface area contributed by atoms with Gasteiger partial charge in [-0.2, -0.15) is 5.26 Å². The molecule has 106 valence electrons. The van der Waals surface area contributed by atoms with Gasteiger partial charge in [0.05, 0.1) is 23.9 Å². The summed E-state index contributed by atoms with van der Waals surface area (Å²) in [6, 6.07) is 7.42. The molecular weight excluding hydrogens is 320 g/mol. The zero-order valence-corrected chi connectivity index (χ0v) is 12.7. The molecule has 1 saturated heterocycles. The van der Waals surface area contributed by atoms with Crippen LogP contribution in [0.3, 0.4) is 0 Å². The number of carbonyl (C=O) groups excluding carboxylic acids is 1. The lowest BCUT2D eigenvalue weighted by atomic mass is 10.1. The van der Waals surface area contributed by atoms with Crippen molar-refractivity contribution >= 4 is 27.5 Å². The monoisotopic (exact) mass is 336 g/mol. The van der Waals surface area contributed by atoms with Crippen molar-refractivity contribution in [3.05, 3.63) is 28.2 Å². The molecule has 1 aliphatic heterocycles. The zero-order valence-electron chi connectivity index (χ0n) is 11.1. The van der Waals surface area contributed by atoms with Crippen molar-refractivity contribution in [2.45, 2.75) is 18.9 Å². The van der Waals surface area contributed by atoms with Crippen LogP contribution in [0.2, 0.25) is 0 Å². The lowest BCUT2D eigenvalue weighted by Gasteiger charge is -2.29. The van der Waals surface area contributed by atoms with E-state index in [2.05, 4.69) is 32.2 Å². The topological polar surface area (TPSA) is 82.2 Å². The summed E-state index contributed by atoms with van der Waals surface area (Å²) >= 11 is 3.35. The Bertz CT molecular complexity index is 532. The highest BCUT2D eigenvalue weighted by Gasteiger charge is 2.18. The van der Waals surface area contributed by atoms with E-state index in [9.17, 15) is 4.79 Å². The molecule has 0 unspecified atom stereocenters. The quantitative estimate of drug-likeness (QED) is 0.879. The van der Waals surface area contributed by atoms with Crippen molar-refractivity contribution in [3.8, 4) is 6.07 Å². The van der Waals surface area contributed by atoms with E-state index in [4.69, 9.17) is 11.0 Å². The summed E-state index contributed by atoms with van der Waals surface area (Å²) in [5, 5.41) is 11.6. The van der Waals surface area contributed by atoms with E-state index in [1.165, 1.54) is 0 Å². The van der Waals surface area contributed by atoms with Crippen LogP contribution in [0.15, 0.2) is 22.7 Å². The van der Waals surface area contributed by atoms with E-state index in [1.807, 2.05) is 0 Å². The Hall–Kier alpha value is -1.42. The number of hydrogen-bond donors (Lipinski definition) is 2. The second-order valence-corrected chi connectivity index (χ2v) is 5.82. The van der Waals surface area contributed by atoms with Gasteiger partial charge in [0, 0.05) is 23.6 Å². The fourth-order valence-corrected chi connectivity index (χ4v) is 2.67. The highest BCUT2D eigenvalue weighted by molar-refractivity contribution is 9.10. The number of piperidine rings is 1. The van der Waals surface area contributed by atoms with Crippen molar-refractivity contribution in [2.24, 2.45) is 5.73 Å².